The molecule has 0 aliphatic heterocycles. The molecule has 0 heterocycles. The van der Waals surface area contributed by atoms with Crippen LogP contribution in [0.15, 0.2) is 0 Å². The standard InChI is InChI=1S/C39H72N6O9/c1-30(23-24-37(50)51)44-39(54)43-28-16-6-15-27-42-35(48)21-10-3-2-8-18-32(46)29-31(38(52)53)17-7-4-9-20-34(47)33(19-12-14-26-41)45-36(49)22-11-5-13-25-40/h30-31,33H,2-29,40-41H2,1H3,(H,42,48)(H,45,49)(H,50,51)(H,52,53)(H2,43,44,54)/t30-,31?,33?/m1/s1. The summed E-state index contributed by atoms with van der Waals surface area (Å²) in [5.41, 5.74) is 11.1. The average Bonchev–Trinajstić information content (AvgIpc) is 3.12. The topological polar surface area (TPSA) is 260 Å². The molecule has 15 heteroatoms. The Kier molecular flexibility index (Phi) is 31.7. The fourth-order valence-electron chi connectivity index (χ4n) is 6.00. The van der Waals surface area contributed by atoms with Crippen LogP contribution in [0, 0.1) is 5.92 Å². The maximum absolute atomic E-state index is 12.9. The number of aliphatic carboxylic acids is 2. The van der Waals surface area contributed by atoms with Gasteiger partial charge in [-0.3, -0.25) is 28.8 Å². The van der Waals surface area contributed by atoms with E-state index in [1.54, 1.807) is 6.92 Å². The number of carboxylic acids is 2. The van der Waals surface area contributed by atoms with Crippen molar-refractivity contribution in [2.24, 2.45) is 17.4 Å². The highest BCUT2D eigenvalue weighted by Gasteiger charge is 2.22. The molecular weight excluding hydrogens is 696 g/mol. The van der Waals surface area contributed by atoms with Crippen LogP contribution in [0.4, 0.5) is 4.79 Å². The molecule has 15 nitrogen and oxygen atoms in total. The Labute approximate surface area is 322 Å². The molecule has 3 atom stereocenters. The second-order valence-electron chi connectivity index (χ2n) is 14.4. The van der Waals surface area contributed by atoms with Crippen LogP contribution in [0.5, 0.6) is 0 Å². The normalized spacial score (nSPS) is 12.6. The number of ketones is 2. The van der Waals surface area contributed by atoms with Gasteiger partial charge in [0, 0.05) is 57.7 Å². The number of carbonyl (C=O) groups excluding carboxylic acids is 5. The van der Waals surface area contributed by atoms with Gasteiger partial charge in [-0.1, -0.05) is 32.1 Å². The summed E-state index contributed by atoms with van der Waals surface area (Å²) in [6.07, 6.45) is 13.9. The fraction of sp³-hybridized carbons (Fsp3) is 0.821. The van der Waals surface area contributed by atoms with Crippen molar-refractivity contribution < 1.29 is 43.8 Å². The predicted molar refractivity (Wildman–Crippen MR) is 209 cm³/mol. The molecule has 0 saturated heterocycles. The summed E-state index contributed by atoms with van der Waals surface area (Å²) in [6.45, 7) is 3.92. The van der Waals surface area contributed by atoms with Gasteiger partial charge in [-0.05, 0) is 103 Å². The van der Waals surface area contributed by atoms with Crippen LogP contribution >= 0.6 is 0 Å². The molecule has 10 N–H and O–H groups in total. The van der Waals surface area contributed by atoms with Gasteiger partial charge in [0.1, 0.15) is 5.78 Å². The van der Waals surface area contributed by atoms with E-state index in [0.29, 0.717) is 103 Å². The lowest BCUT2D eigenvalue weighted by Gasteiger charge is -2.18. The molecule has 4 amide bonds. The Morgan fingerprint density at radius 2 is 1.07 bits per heavy atom. The number of carboxylic acid groups (broad SMARTS) is 2. The molecule has 0 aromatic carbocycles. The van der Waals surface area contributed by atoms with Gasteiger partial charge < -0.3 is 42.9 Å². The number of carbonyl (C=O) groups is 7. The van der Waals surface area contributed by atoms with E-state index < -0.39 is 23.9 Å². The van der Waals surface area contributed by atoms with E-state index in [0.717, 1.165) is 64.2 Å². The molecule has 312 valence electrons. The van der Waals surface area contributed by atoms with E-state index in [2.05, 4.69) is 21.3 Å². The maximum atomic E-state index is 12.9. The third-order valence-electron chi connectivity index (χ3n) is 9.32. The van der Waals surface area contributed by atoms with E-state index >= 15 is 0 Å². The van der Waals surface area contributed by atoms with Crippen molar-refractivity contribution in [2.45, 2.75) is 173 Å². The Bertz CT molecular complexity index is 1090. The Balaban J connectivity index is 4.09. The lowest BCUT2D eigenvalue weighted by molar-refractivity contribution is -0.144. The van der Waals surface area contributed by atoms with Crippen LogP contribution in [0.2, 0.25) is 0 Å². The maximum Gasteiger partial charge on any atom is 0.314 e. The minimum absolute atomic E-state index is 0.00136. The first-order valence-electron chi connectivity index (χ1n) is 20.4. The highest BCUT2D eigenvalue weighted by Crippen LogP contribution is 2.18. The molecule has 0 aromatic rings. The van der Waals surface area contributed by atoms with Crippen molar-refractivity contribution in [3.63, 3.8) is 0 Å². The van der Waals surface area contributed by atoms with Crippen molar-refractivity contribution >= 4 is 41.4 Å². The number of amides is 4. The lowest BCUT2D eigenvalue weighted by atomic mass is 9.93. The number of nitrogens with two attached hydrogens (primary N) is 2. The van der Waals surface area contributed by atoms with E-state index in [-0.39, 0.29) is 48.3 Å². The zero-order valence-electron chi connectivity index (χ0n) is 32.9. The largest absolute Gasteiger partial charge is 0.481 e. The Morgan fingerprint density at radius 1 is 0.537 bits per heavy atom. The summed E-state index contributed by atoms with van der Waals surface area (Å²) in [6, 6.07) is -1.08. The molecule has 0 spiro atoms. The van der Waals surface area contributed by atoms with E-state index in [9.17, 15) is 38.7 Å². The first-order valence-corrected chi connectivity index (χ1v) is 20.4. The van der Waals surface area contributed by atoms with Crippen LogP contribution in [0.25, 0.3) is 0 Å². The quantitative estimate of drug-likeness (QED) is 0.0409. The molecule has 0 saturated carbocycles. The molecule has 0 rings (SSSR count). The van der Waals surface area contributed by atoms with Gasteiger partial charge in [-0.25, -0.2) is 4.79 Å². The van der Waals surface area contributed by atoms with Crippen LogP contribution in [0.3, 0.4) is 0 Å². The average molecular weight is 769 g/mol. The molecule has 2 unspecified atom stereocenters. The van der Waals surface area contributed by atoms with E-state index in [1.165, 1.54) is 0 Å². The van der Waals surface area contributed by atoms with Gasteiger partial charge >= 0.3 is 18.0 Å². The summed E-state index contributed by atoms with van der Waals surface area (Å²) in [7, 11) is 0. The van der Waals surface area contributed by atoms with Gasteiger partial charge in [0.15, 0.2) is 5.78 Å². The zero-order chi connectivity index (χ0) is 40.4. The third-order valence-corrected chi connectivity index (χ3v) is 9.32. The molecule has 54 heavy (non-hydrogen) atoms. The van der Waals surface area contributed by atoms with Gasteiger partial charge in [0.25, 0.3) is 0 Å². The van der Waals surface area contributed by atoms with E-state index in [1.807, 2.05) is 0 Å². The summed E-state index contributed by atoms with van der Waals surface area (Å²) < 4.78 is 0. The van der Waals surface area contributed by atoms with Crippen LogP contribution < -0.4 is 32.7 Å². The van der Waals surface area contributed by atoms with Gasteiger partial charge in [-0.15, -0.1) is 0 Å². The molecule has 0 fully saturated rings. The molecule has 0 bridgehead atoms. The molecule has 0 aliphatic carbocycles. The number of rotatable bonds is 37. The highest BCUT2D eigenvalue weighted by atomic mass is 16.4. The number of nitrogens with one attached hydrogen (secondary N) is 4. The Morgan fingerprint density at radius 3 is 1.72 bits per heavy atom. The minimum Gasteiger partial charge on any atom is -0.481 e. The van der Waals surface area contributed by atoms with Crippen LogP contribution in [-0.2, 0) is 28.8 Å². The molecule has 0 radical (unpaired) electrons. The first kappa shape index (κ1) is 50.4. The lowest BCUT2D eigenvalue weighted by Crippen LogP contribution is -2.41. The second kappa shape index (κ2) is 33.9. The second-order valence-corrected chi connectivity index (χ2v) is 14.4. The predicted octanol–water partition coefficient (Wildman–Crippen LogP) is 4.48. The number of Topliss-reactive ketones (excluding diaryl/α,β-unsaturated/α-hetero) is 2. The summed E-state index contributed by atoms with van der Waals surface area (Å²) in [5, 5.41) is 29.6. The van der Waals surface area contributed by atoms with Crippen molar-refractivity contribution in [2.75, 3.05) is 26.2 Å². The number of unbranched alkanes of at least 4 members (excludes halogenated alkanes) is 10. The monoisotopic (exact) mass is 769 g/mol. The van der Waals surface area contributed by atoms with Crippen molar-refractivity contribution in [3.05, 3.63) is 0 Å². The van der Waals surface area contributed by atoms with Gasteiger partial charge in [0.05, 0.1) is 12.0 Å². The van der Waals surface area contributed by atoms with Crippen molar-refractivity contribution in [1.29, 1.82) is 0 Å². The number of hydrogen-bond acceptors (Lipinski definition) is 9. The number of hydrogen-bond donors (Lipinski definition) is 8. The van der Waals surface area contributed by atoms with Crippen molar-refractivity contribution in [1.82, 2.24) is 21.3 Å². The Hall–Kier alpha value is -3.59. The summed E-state index contributed by atoms with van der Waals surface area (Å²) in [4.78, 5) is 84.1. The summed E-state index contributed by atoms with van der Waals surface area (Å²) in [5.74, 6) is -2.87. The molecular formula is C39H72N6O9. The zero-order valence-corrected chi connectivity index (χ0v) is 32.9. The van der Waals surface area contributed by atoms with Crippen molar-refractivity contribution in [3.8, 4) is 0 Å². The smallest absolute Gasteiger partial charge is 0.314 e. The first-order chi connectivity index (χ1) is 25.9. The molecule has 0 aromatic heterocycles. The third kappa shape index (κ3) is 30.8. The van der Waals surface area contributed by atoms with Gasteiger partial charge in [-0.2, -0.15) is 0 Å². The molecule has 0 aliphatic rings. The fourth-order valence-corrected chi connectivity index (χ4v) is 6.00. The van der Waals surface area contributed by atoms with E-state index in [4.69, 9.17) is 16.6 Å². The highest BCUT2D eigenvalue weighted by molar-refractivity contribution is 5.89. The van der Waals surface area contributed by atoms with Gasteiger partial charge in [0.2, 0.25) is 11.8 Å². The van der Waals surface area contributed by atoms with Crippen LogP contribution in [-0.4, -0.2) is 89.8 Å². The SMILES string of the molecule is C[C@H](CCC(=O)O)NC(=O)NCCCCCNC(=O)CCCCCCC(=O)CC(CCCCCC(=O)C(CCCCN)NC(=O)CCCCCN)C(=O)O. The summed E-state index contributed by atoms with van der Waals surface area (Å²) >= 11 is 0. The minimum atomic E-state index is -0.986. The number of urea groups is 1. The van der Waals surface area contributed by atoms with Crippen LogP contribution in [0.1, 0.15) is 161 Å².